The molecular formula is C12H29N3O2Si. The van der Waals surface area contributed by atoms with Crippen molar-refractivity contribution in [3.8, 4) is 0 Å². The Hall–Kier alpha value is 0.0169. The number of hydrogen-bond acceptors (Lipinski definition) is 5. The van der Waals surface area contributed by atoms with Gasteiger partial charge in [-0.2, -0.15) is 0 Å². The lowest BCUT2D eigenvalue weighted by Gasteiger charge is -2.32. The second kappa shape index (κ2) is 9.88. The van der Waals surface area contributed by atoms with Crippen LogP contribution < -0.4 is 11.1 Å². The average molecular weight is 275 g/mol. The van der Waals surface area contributed by atoms with E-state index < -0.39 is 0 Å². The Morgan fingerprint density at radius 3 is 2.39 bits per heavy atom. The SMILES string of the molecule is CCOC(OCC)[SiH2]CCC(N)N1CCNCC1. The minimum atomic E-state index is -0.342. The van der Waals surface area contributed by atoms with Gasteiger partial charge in [0.05, 0.1) is 15.7 Å². The van der Waals surface area contributed by atoms with E-state index in [-0.39, 0.29) is 21.6 Å². The highest BCUT2D eigenvalue weighted by Crippen LogP contribution is 2.05. The van der Waals surface area contributed by atoms with E-state index >= 15 is 0 Å². The minimum absolute atomic E-state index is 0.0789. The molecule has 1 unspecified atom stereocenters. The summed E-state index contributed by atoms with van der Waals surface area (Å²) in [7, 11) is -0.342. The number of ether oxygens (including phenoxy) is 2. The predicted molar refractivity (Wildman–Crippen MR) is 77.4 cm³/mol. The van der Waals surface area contributed by atoms with Crippen molar-refractivity contribution < 1.29 is 9.47 Å². The normalized spacial score (nSPS) is 20.0. The van der Waals surface area contributed by atoms with Crippen molar-refractivity contribution in [2.45, 2.75) is 38.4 Å². The molecule has 1 aliphatic rings. The maximum atomic E-state index is 6.22. The molecule has 1 rings (SSSR count). The van der Waals surface area contributed by atoms with E-state index in [4.69, 9.17) is 15.2 Å². The van der Waals surface area contributed by atoms with Gasteiger partial charge in [-0.25, -0.2) is 0 Å². The van der Waals surface area contributed by atoms with Gasteiger partial charge >= 0.3 is 0 Å². The molecule has 1 fully saturated rings. The topological polar surface area (TPSA) is 59.8 Å². The Morgan fingerprint density at radius 1 is 1.22 bits per heavy atom. The molecule has 3 N–H and O–H groups in total. The molecule has 0 aliphatic carbocycles. The maximum absolute atomic E-state index is 6.22. The van der Waals surface area contributed by atoms with Crippen LogP contribution in [0, 0.1) is 0 Å². The van der Waals surface area contributed by atoms with Crippen LogP contribution in [0.15, 0.2) is 0 Å². The van der Waals surface area contributed by atoms with E-state index in [1.54, 1.807) is 0 Å². The van der Waals surface area contributed by atoms with Gasteiger partial charge in [0.25, 0.3) is 0 Å². The predicted octanol–water partition coefficient (Wildman–Crippen LogP) is -0.490. The summed E-state index contributed by atoms with van der Waals surface area (Å²) in [6.45, 7) is 9.78. The summed E-state index contributed by atoms with van der Waals surface area (Å²) in [5.74, 6) is 0.0789. The zero-order valence-corrected chi connectivity index (χ0v) is 13.3. The molecule has 108 valence electrons. The molecule has 0 saturated carbocycles. The van der Waals surface area contributed by atoms with Crippen LogP contribution in [0.4, 0.5) is 0 Å². The van der Waals surface area contributed by atoms with E-state index in [9.17, 15) is 0 Å². The van der Waals surface area contributed by atoms with Crippen molar-refractivity contribution >= 4 is 9.52 Å². The second-order valence-electron chi connectivity index (χ2n) is 4.62. The lowest BCUT2D eigenvalue weighted by atomic mass is 10.3. The summed E-state index contributed by atoms with van der Waals surface area (Å²) in [5, 5.41) is 3.35. The van der Waals surface area contributed by atoms with E-state index in [2.05, 4.69) is 10.2 Å². The number of nitrogens with one attached hydrogen (secondary N) is 1. The van der Waals surface area contributed by atoms with Crippen LogP contribution in [0.2, 0.25) is 6.04 Å². The van der Waals surface area contributed by atoms with Gasteiger partial charge in [-0.15, -0.1) is 0 Å². The van der Waals surface area contributed by atoms with Gasteiger partial charge in [0.15, 0.2) is 0 Å². The van der Waals surface area contributed by atoms with Gasteiger partial charge in [0, 0.05) is 39.4 Å². The highest BCUT2D eigenvalue weighted by Gasteiger charge is 2.17. The van der Waals surface area contributed by atoms with Gasteiger partial charge in [0.1, 0.15) is 5.91 Å². The monoisotopic (exact) mass is 275 g/mol. The third-order valence-corrected chi connectivity index (χ3v) is 5.02. The highest BCUT2D eigenvalue weighted by atomic mass is 28.2. The third-order valence-electron chi connectivity index (χ3n) is 3.27. The largest absolute Gasteiger partial charge is 0.357 e. The van der Waals surface area contributed by atoms with Gasteiger partial charge in [-0.05, 0) is 20.3 Å². The van der Waals surface area contributed by atoms with Crippen molar-refractivity contribution in [3.05, 3.63) is 0 Å². The van der Waals surface area contributed by atoms with Gasteiger partial charge in [-0.1, -0.05) is 6.04 Å². The molecule has 0 bridgehead atoms. The lowest BCUT2D eigenvalue weighted by molar-refractivity contribution is -0.0828. The molecule has 0 spiro atoms. The molecule has 1 heterocycles. The fourth-order valence-corrected chi connectivity index (χ4v) is 4.07. The first-order valence-electron chi connectivity index (χ1n) is 7.21. The van der Waals surface area contributed by atoms with Crippen molar-refractivity contribution in [1.29, 1.82) is 0 Å². The first-order valence-corrected chi connectivity index (χ1v) is 9.03. The number of nitrogens with two attached hydrogens (primary N) is 1. The summed E-state index contributed by atoms with van der Waals surface area (Å²) in [5.41, 5.74) is 6.22. The zero-order chi connectivity index (χ0) is 13.2. The van der Waals surface area contributed by atoms with E-state index in [1.807, 2.05) is 13.8 Å². The molecule has 0 aromatic heterocycles. The smallest absolute Gasteiger partial charge is 0.134 e. The lowest BCUT2D eigenvalue weighted by Crippen LogP contribution is -2.51. The van der Waals surface area contributed by atoms with Crippen molar-refractivity contribution in [2.75, 3.05) is 39.4 Å². The van der Waals surface area contributed by atoms with Crippen molar-refractivity contribution in [3.63, 3.8) is 0 Å². The second-order valence-corrected chi connectivity index (χ2v) is 6.58. The Bertz CT molecular complexity index is 198. The van der Waals surface area contributed by atoms with Gasteiger partial charge in [0.2, 0.25) is 0 Å². The summed E-state index contributed by atoms with van der Waals surface area (Å²) < 4.78 is 11.2. The molecular weight excluding hydrogens is 246 g/mol. The fourth-order valence-electron chi connectivity index (χ4n) is 2.28. The molecule has 0 aromatic carbocycles. The fraction of sp³-hybridized carbons (Fsp3) is 1.00. The molecule has 1 atom stereocenters. The van der Waals surface area contributed by atoms with Crippen LogP contribution in [0.3, 0.4) is 0 Å². The zero-order valence-electron chi connectivity index (χ0n) is 11.9. The van der Waals surface area contributed by atoms with E-state index in [1.165, 1.54) is 6.04 Å². The molecule has 5 nitrogen and oxygen atoms in total. The summed E-state index contributed by atoms with van der Waals surface area (Å²) in [4.78, 5) is 2.38. The van der Waals surface area contributed by atoms with Crippen LogP contribution in [-0.4, -0.2) is 65.9 Å². The highest BCUT2D eigenvalue weighted by molar-refractivity contribution is 6.36. The average Bonchev–Trinajstić information content (AvgIpc) is 2.40. The number of nitrogens with zero attached hydrogens (tertiary/aromatic N) is 1. The van der Waals surface area contributed by atoms with Crippen LogP contribution in [-0.2, 0) is 9.47 Å². The Kier molecular flexibility index (Phi) is 8.82. The third kappa shape index (κ3) is 6.26. The Labute approximate surface area is 113 Å². The van der Waals surface area contributed by atoms with Gasteiger partial charge < -0.3 is 20.5 Å². The van der Waals surface area contributed by atoms with Crippen LogP contribution >= 0.6 is 0 Å². The molecule has 0 radical (unpaired) electrons. The minimum Gasteiger partial charge on any atom is -0.357 e. The van der Waals surface area contributed by atoms with Crippen molar-refractivity contribution in [1.82, 2.24) is 10.2 Å². The van der Waals surface area contributed by atoms with Crippen LogP contribution in [0.1, 0.15) is 20.3 Å². The standard InChI is InChI=1S/C12H29N3O2Si/c1-3-16-12(17-4-2)18-10-5-11(13)15-8-6-14-7-9-15/h11-12,14H,3-10,13,18H2,1-2H3. The number of rotatable bonds is 9. The van der Waals surface area contributed by atoms with E-state index in [0.29, 0.717) is 0 Å². The first kappa shape index (κ1) is 16.1. The number of hydrogen-bond donors (Lipinski definition) is 2. The summed E-state index contributed by atoms with van der Waals surface area (Å²) in [6, 6.07) is 1.19. The molecule has 18 heavy (non-hydrogen) atoms. The molecule has 0 amide bonds. The Morgan fingerprint density at radius 2 is 1.83 bits per heavy atom. The molecule has 0 aromatic rings. The Balaban J connectivity index is 2.14. The number of piperazine rings is 1. The van der Waals surface area contributed by atoms with Crippen LogP contribution in [0.25, 0.3) is 0 Å². The van der Waals surface area contributed by atoms with Crippen LogP contribution in [0.5, 0.6) is 0 Å². The molecule has 1 aliphatic heterocycles. The van der Waals surface area contributed by atoms with Crippen molar-refractivity contribution in [2.24, 2.45) is 5.73 Å². The maximum Gasteiger partial charge on any atom is 0.134 e. The molecule has 6 heteroatoms. The summed E-state index contributed by atoms with van der Waals surface area (Å²) in [6.07, 6.45) is 1.28. The van der Waals surface area contributed by atoms with Gasteiger partial charge in [-0.3, -0.25) is 4.90 Å². The summed E-state index contributed by atoms with van der Waals surface area (Å²) >= 11 is 0. The first-order chi connectivity index (χ1) is 8.77. The molecule has 1 saturated heterocycles. The van der Waals surface area contributed by atoms with E-state index in [0.717, 1.165) is 45.8 Å². The quantitative estimate of drug-likeness (QED) is 0.439.